The molecule has 0 spiro atoms. The minimum Gasteiger partial charge on any atom is -0.378 e. The molecule has 0 unspecified atom stereocenters. The third-order valence-corrected chi connectivity index (χ3v) is 6.85. The van der Waals surface area contributed by atoms with E-state index < -0.39 is 0 Å². The first-order valence-electron chi connectivity index (χ1n) is 12.4. The minimum absolute atomic E-state index is 0.000865. The number of hydrogen-bond acceptors (Lipinski definition) is 5. The van der Waals surface area contributed by atoms with Crippen LogP contribution in [-0.2, 0) is 11.3 Å². The van der Waals surface area contributed by atoms with Crippen LogP contribution in [0.2, 0.25) is 0 Å². The molecular weight excluding hydrogens is 464 g/mol. The Morgan fingerprint density at radius 2 is 1.65 bits per heavy atom. The van der Waals surface area contributed by atoms with Crippen molar-refractivity contribution in [2.45, 2.75) is 6.54 Å². The normalized spacial score (nSPS) is 15.1. The summed E-state index contributed by atoms with van der Waals surface area (Å²) in [6.07, 6.45) is 1.63. The van der Waals surface area contributed by atoms with Crippen molar-refractivity contribution in [2.75, 3.05) is 36.1 Å². The van der Waals surface area contributed by atoms with Crippen molar-refractivity contribution in [3.05, 3.63) is 107 Å². The van der Waals surface area contributed by atoms with Crippen LogP contribution in [0.1, 0.15) is 31.8 Å². The first kappa shape index (κ1) is 22.9. The number of anilines is 2. The maximum atomic E-state index is 13.0. The molecule has 4 aromatic carbocycles. The number of hydrazone groups is 1. The number of morpholine rings is 1. The van der Waals surface area contributed by atoms with E-state index >= 15 is 0 Å². The van der Waals surface area contributed by atoms with E-state index in [1.807, 2.05) is 60.7 Å². The van der Waals surface area contributed by atoms with Crippen LogP contribution in [-0.4, -0.2) is 44.3 Å². The Morgan fingerprint density at radius 1 is 0.919 bits per heavy atom. The Balaban J connectivity index is 1.07. The zero-order valence-corrected chi connectivity index (χ0v) is 20.3. The first-order chi connectivity index (χ1) is 18.2. The first-order valence-corrected chi connectivity index (χ1v) is 12.4. The number of ether oxygens (including phenoxy) is 1. The number of rotatable bonds is 6. The summed E-state index contributed by atoms with van der Waals surface area (Å²) in [6.45, 7) is 3.71. The van der Waals surface area contributed by atoms with Crippen LogP contribution < -0.4 is 15.2 Å². The van der Waals surface area contributed by atoms with Crippen molar-refractivity contribution < 1.29 is 14.3 Å². The van der Waals surface area contributed by atoms with Gasteiger partial charge >= 0.3 is 0 Å². The van der Waals surface area contributed by atoms with E-state index in [0.717, 1.165) is 65.1 Å². The molecule has 1 saturated heterocycles. The van der Waals surface area contributed by atoms with Gasteiger partial charge in [0.1, 0.15) is 0 Å². The number of nitrogens with zero attached hydrogens (tertiary/aromatic N) is 3. The molecule has 1 fully saturated rings. The van der Waals surface area contributed by atoms with Gasteiger partial charge in [0, 0.05) is 35.3 Å². The summed E-state index contributed by atoms with van der Waals surface area (Å²) in [5, 5.41) is 6.17. The third kappa shape index (κ3) is 4.57. The second-order valence-corrected chi connectivity index (χ2v) is 9.16. The highest BCUT2D eigenvalue weighted by atomic mass is 16.5. The fourth-order valence-electron chi connectivity index (χ4n) is 4.90. The number of nitrogens with one attached hydrogen (secondary N) is 1. The lowest BCUT2D eigenvalue weighted by Gasteiger charge is -2.28. The minimum atomic E-state index is -0.290. The molecule has 2 aliphatic rings. The highest BCUT2D eigenvalue weighted by molar-refractivity contribution is 6.24. The molecule has 37 heavy (non-hydrogen) atoms. The SMILES string of the molecule is O=C(NN=Cc1ccc(N2CCOCC2)cc1)c1ccc(CN2C(=O)c3cccc4cccc2c34)cc1. The molecule has 0 bridgehead atoms. The monoisotopic (exact) mass is 490 g/mol. The third-order valence-electron chi connectivity index (χ3n) is 6.85. The van der Waals surface area contributed by atoms with Crippen LogP contribution in [0.3, 0.4) is 0 Å². The molecular formula is C30H26N4O3. The van der Waals surface area contributed by atoms with Crippen molar-refractivity contribution in [1.29, 1.82) is 0 Å². The second kappa shape index (κ2) is 9.87. The predicted molar refractivity (Wildman–Crippen MR) is 145 cm³/mol. The largest absolute Gasteiger partial charge is 0.378 e. The molecule has 184 valence electrons. The molecule has 0 aromatic heterocycles. The van der Waals surface area contributed by atoms with E-state index in [0.29, 0.717) is 12.1 Å². The summed E-state index contributed by atoms with van der Waals surface area (Å²) in [5.41, 5.74) is 7.75. The molecule has 4 aromatic rings. The second-order valence-electron chi connectivity index (χ2n) is 9.16. The Hall–Kier alpha value is -4.49. The van der Waals surface area contributed by atoms with Crippen LogP contribution >= 0.6 is 0 Å². The quantitative estimate of drug-likeness (QED) is 0.317. The van der Waals surface area contributed by atoms with Gasteiger partial charge in [0.15, 0.2) is 0 Å². The van der Waals surface area contributed by atoms with Crippen LogP contribution in [0.25, 0.3) is 10.8 Å². The van der Waals surface area contributed by atoms with Gasteiger partial charge < -0.3 is 14.5 Å². The van der Waals surface area contributed by atoms with Crippen LogP contribution in [0, 0.1) is 0 Å². The highest BCUT2D eigenvalue weighted by Crippen LogP contribution is 2.38. The molecule has 1 N–H and O–H groups in total. The summed E-state index contributed by atoms with van der Waals surface area (Å²) in [6, 6.07) is 27.1. The number of amides is 2. The van der Waals surface area contributed by atoms with Gasteiger partial charge in [-0.2, -0.15) is 5.10 Å². The van der Waals surface area contributed by atoms with Crippen LogP contribution in [0.5, 0.6) is 0 Å². The molecule has 0 atom stereocenters. The lowest BCUT2D eigenvalue weighted by molar-refractivity contribution is 0.0953. The molecule has 0 aliphatic carbocycles. The van der Waals surface area contributed by atoms with Crippen molar-refractivity contribution in [1.82, 2.24) is 5.43 Å². The van der Waals surface area contributed by atoms with Crippen molar-refractivity contribution in [3.8, 4) is 0 Å². The van der Waals surface area contributed by atoms with Crippen LogP contribution in [0.15, 0.2) is 90.0 Å². The molecule has 0 saturated carbocycles. The van der Waals surface area contributed by atoms with Gasteiger partial charge in [-0.3, -0.25) is 9.59 Å². The van der Waals surface area contributed by atoms with Crippen molar-refractivity contribution >= 4 is 40.2 Å². The van der Waals surface area contributed by atoms with E-state index in [1.165, 1.54) is 0 Å². The molecule has 7 heteroatoms. The van der Waals surface area contributed by atoms with Gasteiger partial charge in [-0.15, -0.1) is 0 Å². The van der Waals surface area contributed by atoms with E-state index in [-0.39, 0.29) is 11.8 Å². The Kier molecular flexibility index (Phi) is 6.12. The summed E-state index contributed by atoms with van der Waals surface area (Å²) in [7, 11) is 0. The maximum Gasteiger partial charge on any atom is 0.271 e. The smallest absolute Gasteiger partial charge is 0.271 e. The fourth-order valence-corrected chi connectivity index (χ4v) is 4.90. The van der Waals surface area contributed by atoms with E-state index in [2.05, 4.69) is 27.6 Å². The lowest BCUT2D eigenvalue weighted by atomic mass is 10.1. The van der Waals surface area contributed by atoms with Gasteiger partial charge in [-0.05, 0) is 52.9 Å². The van der Waals surface area contributed by atoms with Gasteiger partial charge in [-0.1, -0.05) is 48.5 Å². The lowest BCUT2D eigenvalue weighted by Crippen LogP contribution is -2.36. The number of benzene rings is 4. The molecule has 2 amide bonds. The summed E-state index contributed by atoms with van der Waals surface area (Å²) in [5.74, 6) is -0.289. The van der Waals surface area contributed by atoms with Gasteiger partial charge in [0.2, 0.25) is 0 Å². The Morgan fingerprint density at radius 3 is 2.41 bits per heavy atom. The summed E-state index contributed by atoms with van der Waals surface area (Å²) >= 11 is 0. The summed E-state index contributed by atoms with van der Waals surface area (Å²) < 4.78 is 5.40. The maximum absolute atomic E-state index is 13.0. The summed E-state index contributed by atoms with van der Waals surface area (Å²) in [4.78, 5) is 29.7. The Labute approximate surface area is 215 Å². The fraction of sp³-hybridized carbons (Fsp3) is 0.167. The molecule has 2 heterocycles. The van der Waals surface area contributed by atoms with Gasteiger partial charge in [-0.25, -0.2) is 5.43 Å². The molecule has 7 nitrogen and oxygen atoms in total. The van der Waals surface area contributed by atoms with Crippen LogP contribution in [0.4, 0.5) is 11.4 Å². The zero-order valence-electron chi connectivity index (χ0n) is 20.3. The number of hydrogen-bond donors (Lipinski definition) is 1. The molecule has 0 radical (unpaired) electrons. The number of carbonyl (C=O) groups excluding carboxylic acids is 2. The Bertz CT molecular complexity index is 1480. The van der Waals surface area contributed by atoms with E-state index in [1.54, 1.807) is 23.2 Å². The van der Waals surface area contributed by atoms with Crippen molar-refractivity contribution in [3.63, 3.8) is 0 Å². The van der Waals surface area contributed by atoms with E-state index in [4.69, 9.17) is 4.74 Å². The average molecular weight is 491 g/mol. The molecule has 2 aliphatic heterocycles. The average Bonchev–Trinajstić information content (AvgIpc) is 3.22. The molecule has 6 rings (SSSR count). The highest BCUT2D eigenvalue weighted by Gasteiger charge is 2.29. The van der Waals surface area contributed by atoms with Gasteiger partial charge in [0.05, 0.1) is 31.7 Å². The number of carbonyl (C=O) groups is 2. The topological polar surface area (TPSA) is 74.2 Å². The predicted octanol–water partition coefficient (Wildman–Crippen LogP) is 4.60. The standard InChI is InChI=1S/C30H26N4O3/c35-29(32-31-19-21-9-13-25(14-10-21)33-15-17-37-18-16-33)24-11-7-22(8-12-24)20-34-27-6-2-4-23-3-1-5-26(28(23)27)30(34)36/h1-14,19H,15-18,20H2,(H,32,35). The van der Waals surface area contributed by atoms with Gasteiger partial charge in [0.25, 0.3) is 11.8 Å². The van der Waals surface area contributed by atoms with Crippen molar-refractivity contribution in [2.24, 2.45) is 5.10 Å². The zero-order chi connectivity index (χ0) is 25.2. The van der Waals surface area contributed by atoms with E-state index in [9.17, 15) is 9.59 Å².